The molecule has 6 aromatic rings. The Morgan fingerprint density at radius 2 is 1.79 bits per heavy atom. The third-order valence-corrected chi connectivity index (χ3v) is 5.42. The standard InChI is InChI=1S/C19H19N4O.C13H12N.Ir/c1-12-10-20-15(8-13(12)9-19(2,3)4)14-6-5-7-16-17(14)24-18-22-21-11-23(16)18;1-10-3-6-12(7-4-10)13-8-5-11(2)9-14-13;/h5,7-8,10-11H,9H2,1-4H3;3-6,8-9H,1-2H3;/q2*-1;/i1D3,9D2;1D3,2D3;. The summed E-state index contributed by atoms with van der Waals surface area (Å²) in [5.41, 5.74) is 2.73. The van der Waals surface area contributed by atoms with Crippen molar-refractivity contribution in [2.75, 3.05) is 0 Å². The van der Waals surface area contributed by atoms with Gasteiger partial charge in [-0.1, -0.05) is 62.0 Å². The average molecular weight is 705 g/mol. The van der Waals surface area contributed by atoms with Gasteiger partial charge in [-0.25, -0.2) is 0 Å². The molecule has 6 nitrogen and oxygen atoms in total. The predicted molar refractivity (Wildman–Crippen MR) is 151 cm³/mol. The molecule has 0 atom stereocenters. The van der Waals surface area contributed by atoms with Gasteiger partial charge in [-0.05, 0) is 48.0 Å². The number of hydrogen-bond donors (Lipinski definition) is 0. The molecule has 0 saturated heterocycles. The van der Waals surface area contributed by atoms with E-state index in [9.17, 15) is 0 Å². The van der Waals surface area contributed by atoms with Crippen molar-refractivity contribution in [3.8, 4) is 22.5 Å². The first-order chi connectivity index (χ1) is 22.6. The molecule has 0 aliphatic carbocycles. The molecule has 6 rings (SSSR count). The van der Waals surface area contributed by atoms with Gasteiger partial charge in [0.1, 0.15) is 6.33 Å². The SMILES string of the molecule is [2H]C([2H])([2H])c1c[c-]c(-c2ccc(C([2H])([2H])[2H])cn2)cc1.[2H]C([2H])([2H])c1cnc(-c2[c-]ccc3c2oc2nncn23)cc1C([2H])([2H])C(C)(C)C.[Ir]. The molecule has 4 aromatic heterocycles. The minimum absolute atomic E-state index is 0. The van der Waals surface area contributed by atoms with Crippen LogP contribution < -0.4 is 0 Å². The van der Waals surface area contributed by atoms with Gasteiger partial charge in [0.15, 0.2) is 0 Å². The van der Waals surface area contributed by atoms with Crippen LogP contribution in [0.1, 0.15) is 58.1 Å². The van der Waals surface area contributed by atoms with Gasteiger partial charge in [0.05, 0.1) is 5.58 Å². The number of fused-ring (bicyclic) bond motifs is 3. The van der Waals surface area contributed by atoms with Gasteiger partial charge in [0.2, 0.25) is 0 Å². The number of aromatic nitrogens is 5. The summed E-state index contributed by atoms with van der Waals surface area (Å²) < 4.78 is 91.9. The summed E-state index contributed by atoms with van der Waals surface area (Å²) in [6.07, 6.45) is 2.14. The fourth-order valence-corrected chi connectivity index (χ4v) is 3.74. The molecule has 0 N–H and O–H groups in total. The van der Waals surface area contributed by atoms with E-state index in [1.165, 1.54) is 43.0 Å². The molecule has 39 heavy (non-hydrogen) atoms. The molecule has 7 heteroatoms. The first-order valence-corrected chi connectivity index (χ1v) is 11.7. The normalized spacial score (nSPS) is 16.7. The number of rotatable bonds is 3. The molecule has 4 heterocycles. The molecular weight excluding hydrogens is 663 g/mol. The van der Waals surface area contributed by atoms with Crippen LogP contribution in [-0.4, -0.2) is 24.6 Å². The van der Waals surface area contributed by atoms with Gasteiger partial charge < -0.3 is 14.4 Å². The van der Waals surface area contributed by atoms with Crippen LogP contribution in [0.2, 0.25) is 0 Å². The van der Waals surface area contributed by atoms with Gasteiger partial charge in [-0.15, -0.1) is 58.7 Å². The molecular formula is C32H31IrN5O-2. The summed E-state index contributed by atoms with van der Waals surface area (Å²) >= 11 is 0. The molecule has 0 fully saturated rings. The Labute approximate surface area is 258 Å². The van der Waals surface area contributed by atoms with E-state index in [0.717, 1.165) is 0 Å². The van der Waals surface area contributed by atoms with Crippen molar-refractivity contribution in [2.24, 2.45) is 5.41 Å². The van der Waals surface area contributed by atoms with Gasteiger partial charge in [0, 0.05) is 53.1 Å². The Balaban J connectivity index is 0.000000236. The van der Waals surface area contributed by atoms with Gasteiger partial charge in [0.25, 0.3) is 0 Å². The second-order valence-corrected chi connectivity index (χ2v) is 9.57. The zero-order valence-corrected chi connectivity index (χ0v) is 23.7. The largest absolute Gasteiger partial charge is 0.470 e. The van der Waals surface area contributed by atoms with E-state index in [1.807, 2.05) is 0 Å². The second kappa shape index (κ2) is 11.6. The molecule has 0 saturated carbocycles. The van der Waals surface area contributed by atoms with Crippen molar-refractivity contribution in [1.29, 1.82) is 0 Å². The smallest absolute Gasteiger partial charge is 0.316 e. The van der Waals surface area contributed by atoms with Crippen molar-refractivity contribution in [3.05, 3.63) is 102 Å². The first-order valence-electron chi connectivity index (χ1n) is 17.2. The Morgan fingerprint density at radius 3 is 2.49 bits per heavy atom. The Morgan fingerprint density at radius 1 is 0.974 bits per heavy atom. The number of oxazole rings is 1. The molecule has 201 valence electrons. The molecule has 2 aromatic carbocycles. The molecule has 1 radical (unpaired) electrons. The van der Waals surface area contributed by atoms with E-state index in [1.54, 1.807) is 49.4 Å². The quantitative estimate of drug-likeness (QED) is 0.180. The van der Waals surface area contributed by atoms with Crippen LogP contribution >= 0.6 is 0 Å². The molecule has 0 amide bonds. The topological polar surface area (TPSA) is 69.1 Å². The van der Waals surface area contributed by atoms with Gasteiger partial charge >= 0.3 is 5.84 Å². The summed E-state index contributed by atoms with van der Waals surface area (Å²) in [6, 6.07) is 18.5. The van der Waals surface area contributed by atoms with Crippen LogP contribution in [-0.2, 0) is 26.5 Å². The minimum atomic E-state index is -2.49. The maximum atomic E-state index is 8.66. The number of pyridine rings is 2. The summed E-state index contributed by atoms with van der Waals surface area (Å²) in [6.45, 7) is -1.63. The van der Waals surface area contributed by atoms with E-state index in [0.29, 0.717) is 39.5 Å². The second-order valence-electron chi connectivity index (χ2n) is 9.57. The molecule has 0 aliphatic heterocycles. The van der Waals surface area contributed by atoms with E-state index in [-0.39, 0.29) is 42.4 Å². The molecule has 0 spiro atoms. The van der Waals surface area contributed by atoms with Crippen LogP contribution in [0.15, 0.2) is 71.7 Å². The summed E-state index contributed by atoms with van der Waals surface area (Å²) in [4.78, 5) is 8.39. The Bertz CT molecular complexity index is 2040. The van der Waals surface area contributed by atoms with Gasteiger partial charge in [-0.3, -0.25) is 4.40 Å². The fourth-order valence-electron chi connectivity index (χ4n) is 3.74. The van der Waals surface area contributed by atoms with Crippen molar-refractivity contribution in [2.45, 2.75) is 47.7 Å². The summed E-state index contributed by atoms with van der Waals surface area (Å²) in [7, 11) is 0. The maximum absolute atomic E-state index is 8.66. The van der Waals surface area contributed by atoms with E-state index in [2.05, 4.69) is 32.3 Å². The van der Waals surface area contributed by atoms with Crippen LogP contribution in [0.4, 0.5) is 0 Å². The number of hydrogen-bond acceptors (Lipinski definition) is 5. The zero-order chi connectivity index (χ0) is 36.2. The van der Waals surface area contributed by atoms with E-state index in [4.69, 9.17) is 19.5 Å². The zero-order valence-electron chi connectivity index (χ0n) is 32.3. The third kappa shape index (κ3) is 6.49. The van der Waals surface area contributed by atoms with Crippen LogP contribution in [0.25, 0.3) is 39.5 Å². The summed E-state index contributed by atoms with van der Waals surface area (Å²) in [5, 5.41) is 7.71. The third-order valence-electron chi connectivity index (χ3n) is 5.42. The first kappa shape index (κ1) is 17.1. The number of nitrogens with zero attached hydrogens (tertiary/aromatic N) is 5. The fraction of sp³-hybridized carbons (Fsp3) is 0.250. The summed E-state index contributed by atoms with van der Waals surface area (Å²) in [5.74, 6) is 0.310. The van der Waals surface area contributed by atoms with Crippen molar-refractivity contribution in [3.63, 3.8) is 0 Å². The van der Waals surface area contributed by atoms with Gasteiger partial charge in [-0.2, -0.15) is 0 Å². The van der Waals surface area contributed by atoms with Crippen molar-refractivity contribution in [1.82, 2.24) is 24.6 Å². The number of benzene rings is 2. The van der Waals surface area contributed by atoms with Crippen LogP contribution in [0, 0.1) is 38.1 Å². The Kier molecular flexibility index (Phi) is 5.09. The number of aryl methyl sites for hydroxylation is 3. The Hall–Kier alpha value is -3.67. The monoisotopic (exact) mass is 705 g/mol. The molecule has 0 unspecified atom stereocenters. The van der Waals surface area contributed by atoms with Crippen molar-refractivity contribution >= 4 is 16.9 Å². The predicted octanol–water partition coefficient (Wildman–Crippen LogP) is 7.40. The minimum Gasteiger partial charge on any atom is -0.470 e. The maximum Gasteiger partial charge on any atom is 0.316 e. The van der Waals surface area contributed by atoms with E-state index >= 15 is 0 Å². The molecule has 0 bridgehead atoms. The average Bonchev–Trinajstić information content (AvgIpc) is 3.61. The van der Waals surface area contributed by atoms with E-state index < -0.39 is 32.3 Å². The van der Waals surface area contributed by atoms with Crippen LogP contribution in [0.5, 0.6) is 0 Å². The molecule has 0 aliphatic rings. The van der Waals surface area contributed by atoms with Crippen LogP contribution in [0.3, 0.4) is 0 Å². The van der Waals surface area contributed by atoms with Crippen molar-refractivity contribution < 1.29 is 39.6 Å².